The monoisotopic (exact) mass is 487 g/mol. The first-order valence-corrected chi connectivity index (χ1v) is 12.1. The van der Waals surface area contributed by atoms with Crippen LogP contribution < -0.4 is 10.4 Å². The maximum atomic E-state index is 13.4. The highest BCUT2D eigenvalue weighted by Gasteiger charge is 2.29. The molecule has 0 fully saturated rings. The number of aromatic amines is 1. The van der Waals surface area contributed by atoms with Crippen LogP contribution >= 0.6 is 0 Å². The Bertz CT molecular complexity index is 1380. The molecule has 0 saturated heterocycles. The number of sulfonamides is 1. The zero-order valence-electron chi connectivity index (χ0n) is 18.7. The number of aryl methyl sites for hydroxylation is 1. The van der Waals surface area contributed by atoms with Crippen molar-refractivity contribution in [3.63, 3.8) is 0 Å². The highest BCUT2D eigenvalue weighted by atomic mass is 32.2. The van der Waals surface area contributed by atoms with Crippen molar-refractivity contribution in [2.24, 2.45) is 5.92 Å². The summed E-state index contributed by atoms with van der Waals surface area (Å²) in [5.74, 6) is -0.133. The van der Waals surface area contributed by atoms with Gasteiger partial charge in [0.15, 0.2) is 0 Å². The zero-order valence-corrected chi connectivity index (χ0v) is 19.5. The molecule has 34 heavy (non-hydrogen) atoms. The van der Waals surface area contributed by atoms with E-state index in [2.05, 4.69) is 20.0 Å². The van der Waals surface area contributed by atoms with Crippen molar-refractivity contribution >= 4 is 21.5 Å². The molecule has 1 aromatic carbocycles. The van der Waals surface area contributed by atoms with Crippen molar-refractivity contribution in [1.82, 2.24) is 19.9 Å². The summed E-state index contributed by atoms with van der Waals surface area (Å²) in [5.41, 5.74) is 2.53. The second kappa shape index (κ2) is 9.79. The summed E-state index contributed by atoms with van der Waals surface area (Å²) in [4.78, 5) is 14.4. The molecule has 2 aromatic heterocycles. The number of hydrogen-bond donors (Lipinski definition) is 3. The fourth-order valence-corrected chi connectivity index (χ4v) is 4.97. The SMILES string of the molecule is Cc1noc(NS(=O)(=O)C2=CC(COCCO)CC=C2c2ccc(-n3nc[nH]c3=O)cc2)c1C. The first-order valence-electron chi connectivity index (χ1n) is 10.6. The van der Waals surface area contributed by atoms with Crippen LogP contribution in [0, 0.1) is 19.8 Å². The Balaban J connectivity index is 1.67. The molecule has 1 unspecified atom stereocenters. The molecule has 0 saturated carbocycles. The van der Waals surface area contributed by atoms with Crippen molar-refractivity contribution in [2.45, 2.75) is 20.3 Å². The van der Waals surface area contributed by atoms with E-state index in [0.29, 0.717) is 34.5 Å². The highest BCUT2D eigenvalue weighted by molar-refractivity contribution is 7.97. The predicted octanol–water partition coefficient (Wildman–Crippen LogP) is 1.90. The van der Waals surface area contributed by atoms with Crippen LogP contribution in [0.5, 0.6) is 0 Å². The van der Waals surface area contributed by atoms with E-state index in [4.69, 9.17) is 14.4 Å². The van der Waals surface area contributed by atoms with Gasteiger partial charge >= 0.3 is 5.69 Å². The summed E-state index contributed by atoms with van der Waals surface area (Å²) >= 11 is 0. The average Bonchev–Trinajstić information content (AvgIpc) is 3.39. The second-order valence-electron chi connectivity index (χ2n) is 7.82. The Morgan fingerprint density at radius 2 is 2.06 bits per heavy atom. The van der Waals surface area contributed by atoms with Gasteiger partial charge in [-0.25, -0.2) is 17.9 Å². The lowest BCUT2D eigenvalue weighted by Gasteiger charge is -2.22. The molecule has 1 atom stereocenters. The third kappa shape index (κ3) is 4.88. The topological polar surface area (TPSA) is 152 Å². The minimum absolute atomic E-state index is 0.0599. The Kier molecular flexibility index (Phi) is 6.82. The Morgan fingerprint density at radius 1 is 1.29 bits per heavy atom. The summed E-state index contributed by atoms with van der Waals surface area (Å²) in [6.07, 6.45) is 5.35. The lowest BCUT2D eigenvalue weighted by Crippen LogP contribution is -2.21. The lowest BCUT2D eigenvalue weighted by molar-refractivity contribution is 0.0773. The summed E-state index contributed by atoms with van der Waals surface area (Å²) in [6, 6.07) is 6.85. The smallest absolute Gasteiger partial charge is 0.347 e. The summed E-state index contributed by atoms with van der Waals surface area (Å²) in [5, 5.41) is 16.7. The maximum absolute atomic E-state index is 13.4. The minimum atomic E-state index is -4.03. The number of hydrogen-bond acceptors (Lipinski definition) is 8. The van der Waals surface area contributed by atoms with Gasteiger partial charge in [-0.05, 0) is 43.5 Å². The number of rotatable bonds is 9. The van der Waals surface area contributed by atoms with Gasteiger partial charge in [0.2, 0.25) is 5.88 Å². The van der Waals surface area contributed by atoms with Crippen molar-refractivity contribution in [1.29, 1.82) is 0 Å². The molecule has 11 nitrogen and oxygen atoms in total. The van der Waals surface area contributed by atoms with Crippen LogP contribution in [0.2, 0.25) is 0 Å². The lowest BCUT2D eigenvalue weighted by atomic mass is 9.93. The molecule has 2 heterocycles. The molecule has 0 aliphatic heterocycles. The summed E-state index contributed by atoms with van der Waals surface area (Å²) < 4.78 is 41.1. The molecule has 3 N–H and O–H groups in total. The van der Waals surface area contributed by atoms with E-state index in [9.17, 15) is 13.2 Å². The molecular weight excluding hydrogens is 462 g/mol. The van der Waals surface area contributed by atoms with E-state index in [1.165, 1.54) is 11.0 Å². The number of allylic oxidation sites excluding steroid dienone is 2. The van der Waals surface area contributed by atoms with Gasteiger partial charge in [0.05, 0.1) is 36.1 Å². The van der Waals surface area contributed by atoms with Gasteiger partial charge in [0.1, 0.15) is 6.33 Å². The number of aliphatic hydroxyl groups is 1. The third-order valence-corrected chi connectivity index (χ3v) is 6.88. The number of aliphatic hydroxyl groups excluding tert-OH is 1. The van der Waals surface area contributed by atoms with Gasteiger partial charge in [0.25, 0.3) is 10.0 Å². The van der Waals surface area contributed by atoms with Gasteiger partial charge < -0.3 is 14.4 Å². The predicted molar refractivity (Wildman–Crippen MR) is 125 cm³/mol. The first-order chi connectivity index (χ1) is 16.3. The van der Waals surface area contributed by atoms with Crippen molar-refractivity contribution in [2.75, 3.05) is 24.5 Å². The third-order valence-electron chi connectivity index (χ3n) is 5.50. The minimum Gasteiger partial charge on any atom is -0.394 e. The number of benzene rings is 1. The number of nitrogens with zero attached hydrogens (tertiary/aromatic N) is 3. The fourth-order valence-electron chi connectivity index (χ4n) is 3.56. The molecule has 4 rings (SSSR count). The van der Waals surface area contributed by atoms with Crippen LogP contribution in [-0.2, 0) is 14.8 Å². The molecule has 0 spiro atoms. The van der Waals surface area contributed by atoms with Gasteiger partial charge in [-0.1, -0.05) is 29.4 Å². The van der Waals surface area contributed by atoms with Crippen LogP contribution in [0.3, 0.4) is 0 Å². The van der Waals surface area contributed by atoms with E-state index in [0.717, 1.165) is 0 Å². The second-order valence-corrected chi connectivity index (χ2v) is 9.47. The summed E-state index contributed by atoms with van der Waals surface area (Å²) in [6.45, 7) is 3.77. The van der Waals surface area contributed by atoms with Gasteiger partial charge in [-0.15, -0.1) is 0 Å². The Hall–Kier alpha value is -3.48. The fraction of sp³-hybridized carbons (Fsp3) is 0.318. The van der Waals surface area contributed by atoms with Crippen LogP contribution in [-0.4, -0.2) is 53.3 Å². The average molecular weight is 488 g/mol. The van der Waals surface area contributed by atoms with Crippen LogP contribution in [0.25, 0.3) is 11.3 Å². The molecule has 0 radical (unpaired) electrons. The maximum Gasteiger partial charge on any atom is 0.347 e. The number of anilines is 1. The first kappa shape index (κ1) is 23.7. The molecule has 1 aliphatic rings. The summed E-state index contributed by atoms with van der Waals surface area (Å²) in [7, 11) is -4.03. The van der Waals surface area contributed by atoms with Crippen LogP contribution in [0.1, 0.15) is 23.2 Å². The number of aromatic nitrogens is 4. The normalized spacial score (nSPS) is 16.3. The number of ether oxygens (including phenoxy) is 1. The van der Waals surface area contributed by atoms with Crippen molar-refractivity contribution in [3.8, 4) is 5.69 Å². The van der Waals surface area contributed by atoms with Crippen LogP contribution in [0.15, 0.2) is 57.0 Å². The molecule has 0 amide bonds. The quantitative estimate of drug-likeness (QED) is 0.387. The van der Waals surface area contributed by atoms with E-state index in [1.807, 2.05) is 6.08 Å². The Labute approximate surface area is 195 Å². The highest BCUT2D eigenvalue weighted by Crippen LogP contribution is 2.35. The van der Waals surface area contributed by atoms with Gasteiger partial charge in [-0.2, -0.15) is 9.78 Å². The molecule has 0 bridgehead atoms. The Morgan fingerprint density at radius 3 is 2.68 bits per heavy atom. The van der Waals surface area contributed by atoms with E-state index in [1.54, 1.807) is 44.2 Å². The molecule has 1 aliphatic carbocycles. The molecule has 3 aromatic rings. The molecular formula is C22H25N5O6S. The molecule has 180 valence electrons. The van der Waals surface area contributed by atoms with Crippen molar-refractivity contribution in [3.05, 3.63) is 75.0 Å². The van der Waals surface area contributed by atoms with E-state index in [-0.39, 0.29) is 42.2 Å². The van der Waals surface area contributed by atoms with Crippen molar-refractivity contribution < 1.29 is 22.8 Å². The van der Waals surface area contributed by atoms with E-state index < -0.39 is 10.0 Å². The van der Waals surface area contributed by atoms with Gasteiger partial charge in [-0.3, -0.25) is 4.98 Å². The number of nitrogens with one attached hydrogen (secondary N) is 2. The largest absolute Gasteiger partial charge is 0.394 e. The molecule has 12 heteroatoms. The van der Waals surface area contributed by atoms with Gasteiger partial charge in [0, 0.05) is 11.5 Å². The van der Waals surface area contributed by atoms with E-state index >= 15 is 0 Å². The zero-order chi connectivity index (χ0) is 24.3. The standard InChI is InChI=1S/C22H25N5O6S/c1-14-15(2)25-33-21(14)26-34(30,31)20-11-16(12-32-10-9-28)3-8-19(20)17-4-6-18(7-5-17)27-22(29)23-13-24-27/h4-8,11,13,16,26,28H,3,9-10,12H2,1-2H3,(H,23,24,29). The number of H-pyrrole nitrogens is 1. The van der Waals surface area contributed by atoms with Crippen LogP contribution in [0.4, 0.5) is 5.88 Å².